The molecule has 1 aliphatic heterocycles. The number of amides is 2. The van der Waals surface area contributed by atoms with Crippen LogP contribution in [0.5, 0.6) is 0 Å². The summed E-state index contributed by atoms with van der Waals surface area (Å²) in [4.78, 5) is 25.5. The number of nitrogens with zero attached hydrogens (tertiary/aromatic N) is 3. The molecule has 3 rings (SSSR count). The molecule has 2 heterocycles. The fourth-order valence-electron chi connectivity index (χ4n) is 2.47. The zero-order valence-electron chi connectivity index (χ0n) is 14.0. The van der Waals surface area contributed by atoms with Crippen LogP contribution in [-0.2, 0) is 4.74 Å². The van der Waals surface area contributed by atoms with E-state index in [1.54, 1.807) is 27.9 Å². The highest BCUT2D eigenvalue weighted by atomic mass is 35.5. The highest BCUT2D eigenvalue weighted by Crippen LogP contribution is 2.20. The van der Waals surface area contributed by atoms with Crippen LogP contribution in [0.2, 0.25) is 5.02 Å². The minimum absolute atomic E-state index is 0.0130. The minimum atomic E-state index is -0.463. The van der Waals surface area contributed by atoms with Crippen molar-refractivity contribution in [2.45, 2.75) is 26.0 Å². The highest BCUT2D eigenvalue weighted by molar-refractivity contribution is 6.32. The number of hydrogen-bond donors (Lipinski definition) is 1. The van der Waals surface area contributed by atoms with E-state index in [-0.39, 0.29) is 18.1 Å². The maximum atomic E-state index is 12.4. The number of likely N-dealkylation sites (tertiary alicyclic amines) is 1. The lowest BCUT2D eigenvalue weighted by Crippen LogP contribution is -2.56. The van der Waals surface area contributed by atoms with Crippen LogP contribution in [0.4, 0.5) is 4.79 Å². The summed E-state index contributed by atoms with van der Waals surface area (Å²) in [6.07, 6.45) is 0.946. The van der Waals surface area contributed by atoms with Crippen LogP contribution < -0.4 is 5.32 Å². The molecule has 0 radical (unpaired) electrons. The third-order valence-electron chi connectivity index (χ3n) is 3.72. The first-order valence-corrected chi connectivity index (χ1v) is 8.39. The Balaban J connectivity index is 1.57. The fourth-order valence-corrected chi connectivity index (χ4v) is 2.69. The average molecular weight is 363 g/mol. The molecule has 7 nitrogen and oxygen atoms in total. The van der Waals surface area contributed by atoms with E-state index in [9.17, 15) is 9.59 Å². The third kappa shape index (κ3) is 3.93. The van der Waals surface area contributed by atoms with Crippen LogP contribution >= 0.6 is 11.6 Å². The molecule has 2 aromatic rings. The molecule has 0 saturated carbocycles. The number of carbonyl (C=O) groups excluding carboxylic acids is 2. The van der Waals surface area contributed by atoms with E-state index in [1.807, 2.05) is 32.0 Å². The first-order chi connectivity index (χ1) is 11.9. The van der Waals surface area contributed by atoms with Crippen molar-refractivity contribution in [1.82, 2.24) is 20.0 Å². The molecule has 0 unspecified atom stereocenters. The molecule has 0 aliphatic carbocycles. The van der Waals surface area contributed by atoms with E-state index in [4.69, 9.17) is 16.3 Å². The summed E-state index contributed by atoms with van der Waals surface area (Å²) < 4.78 is 6.79. The second-order valence-electron chi connectivity index (χ2n) is 6.13. The van der Waals surface area contributed by atoms with Crippen molar-refractivity contribution in [3.05, 3.63) is 47.2 Å². The molecule has 1 aliphatic rings. The van der Waals surface area contributed by atoms with Gasteiger partial charge >= 0.3 is 6.09 Å². The van der Waals surface area contributed by atoms with Crippen LogP contribution in [0.25, 0.3) is 5.69 Å². The number of halogens is 1. The molecule has 1 N–H and O–H groups in total. The van der Waals surface area contributed by atoms with Crippen LogP contribution in [0.15, 0.2) is 36.5 Å². The van der Waals surface area contributed by atoms with Gasteiger partial charge in [0, 0.05) is 12.2 Å². The number of alkyl carbamates (subject to hydrolysis) is 1. The molecule has 132 valence electrons. The largest absolute Gasteiger partial charge is 0.442 e. The zero-order valence-corrected chi connectivity index (χ0v) is 14.7. The van der Waals surface area contributed by atoms with Crippen molar-refractivity contribution < 1.29 is 14.3 Å². The molecule has 8 heteroatoms. The van der Waals surface area contributed by atoms with Crippen molar-refractivity contribution >= 4 is 23.6 Å². The monoisotopic (exact) mass is 362 g/mol. The Hall–Kier alpha value is -2.54. The van der Waals surface area contributed by atoms with Gasteiger partial charge in [-0.2, -0.15) is 5.10 Å². The van der Waals surface area contributed by atoms with Gasteiger partial charge in [0.1, 0.15) is 6.10 Å². The second-order valence-corrected chi connectivity index (χ2v) is 6.54. The lowest BCUT2D eigenvalue weighted by atomic mass is 10.1. The Morgan fingerprint density at radius 2 is 2.00 bits per heavy atom. The maximum absolute atomic E-state index is 12.4. The van der Waals surface area contributed by atoms with E-state index in [0.29, 0.717) is 29.5 Å². The normalized spacial score (nSPS) is 14.3. The van der Waals surface area contributed by atoms with Crippen LogP contribution in [0.1, 0.15) is 24.3 Å². The number of nitrogens with one attached hydrogen (secondary N) is 1. The van der Waals surface area contributed by atoms with Crippen LogP contribution in [-0.4, -0.2) is 51.9 Å². The standard InChI is InChI=1S/C17H19ClN4O3/c1-11(2)19-17(24)25-12-9-21(10-12)16(23)14-7-8-22(20-14)15-6-4-3-5-13(15)18/h3-8,11-12H,9-10H2,1-2H3,(H,19,24). The highest BCUT2D eigenvalue weighted by Gasteiger charge is 2.35. The SMILES string of the molecule is CC(C)NC(=O)OC1CN(C(=O)c2ccn(-c3ccccc3Cl)n2)C1. The quantitative estimate of drug-likeness (QED) is 0.906. The number of benzene rings is 1. The first kappa shape index (κ1) is 17.3. The van der Waals surface area contributed by atoms with Crippen molar-refractivity contribution in [2.75, 3.05) is 13.1 Å². The molecule has 0 atom stereocenters. The first-order valence-electron chi connectivity index (χ1n) is 8.01. The van der Waals surface area contributed by atoms with Crippen LogP contribution in [0.3, 0.4) is 0 Å². The summed E-state index contributed by atoms with van der Waals surface area (Å²) >= 11 is 6.14. The molecule has 1 aromatic carbocycles. The predicted octanol–water partition coefficient (Wildman–Crippen LogP) is 2.48. The van der Waals surface area contributed by atoms with Gasteiger partial charge in [-0.15, -0.1) is 0 Å². The molecule has 25 heavy (non-hydrogen) atoms. The minimum Gasteiger partial charge on any atom is -0.442 e. The summed E-state index contributed by atoms with van der Waals surface area (Å²) in [6, 6.07) is 8.93. The number of ether oxygens (including phenoxy) is 1. The molecule has 2 amide bonds. The lowest BCUT2D eigenvalue weighted by molar-refractivity contribution is -0.00732. The number of para-hydroxylation sites is 1. The summed E-state index contributed by atoms with van der Waals surface area (Å²) in [5.74, 6) is -0.199. The molecule has 0 bridgehead atoms. The molecule has 1 aromatic heterocycles. The van der Waals surface area contributed by atoms with E-state index < -0.39 is 6.09 Å². The Bertz CT molecular complexity index is 784. The summed E-state index contributed by atoms with van der Waals surface area (Å²) in [5, 5.41) is 7.50. The summed E-state index contributed by atoms with van der Waals surface area (Å²) in [7, 11) is 0. The molecule has 1 saturated heterocycles. The number of aromatic nitrogens is 2. The van der Waals surface area contributed by atoms with Gasteiger partial charge in [-0.1, -0.05) is 23.7 Å². The van der Waals surface area contributed by atoms with Gasteiger partial charge in [-0.25, -0.2) is 9.48 Å². The van der Waals surface area contributed by atoms with Crippen LogP contribution in [0, 0.1) is 0 Å². The Kier molecular flexibility index (Phi) is 4.94. The van der Waals surface area contributed by atoms with E-state index in [1.165, 1.54) is 0 Å². The predicted molar refractivity (Wildman–Crippen MR) is 93.0 cm³/mol. The van der Waals surface area contributed by atoms with Crippen molar-refractivity contribution in [3.63, 3.8) is 0 Å². The Morgan fingerprint density at radius 1 is 1.28 bits per heavy atom. The zero-order chi connectivity index (χ0) is 18.0. The Labute approximate surface area is 150 Å². The third-order valence-corrected chi connectivity index (χ3v) is 4.04. The van der Waals surface area contributed by atoms with Crippen molar-refractivity contribution in [2.24, 2.45) is 0 Å². The van der Waals surface area contributed by atoms with Gasteiger partial charge < -0.3 is 15.0 Å². The second kappa shape index (κ2) is 7.14. The van der Waals surface area contributed by atoms with Crippen molar-refractivity contribution in [3.8, 4) is 5.69 Å². The maximum Gasteiger partial charge on any atom is 0.407 e. The Morgan fingerprint density at radius 3 is 2.68 bits per heavy atom. The molecule has 0 spiro atoms. The van der Waals surface area contributed by atoms with Gasteiger partial charge in [0.15, 0.2) is 5.69 Å². The van der Waals surface area contributed by atoms with E-state index >= 15 is 0 Å². The molecular weight excluding hydrogens is 344 g/mol. The van der Waals surface area contributed by atoms with Gasteiger partial charge in [0.2, 0.25) is 0 Å². The number of hydrogen-bond acceptors (Lipinski definition) is 4. The summed E-state index contributed by atoms with van der Waals surface area (Å²) in [6.45, 7) is 4.44. The van der Waals surface area contributed by atoms with E-state index in [0.717, 1.165) is 0 Å². The van der Waals surface area contributed by atoms with E-state index in [2.05, 4.69) is 10.4 Å². The molecule has 1 fully saturated rings. The topological polar surface area (TPSA) is 76.5 Å². The number of rotatable bonds is 4. The lowest BCUT2D eigenvalue weighted by Gasteiger charge is -2.37. The van der Waals surface area contributed by atoms with Gasteiger partial charge in [-0.3, -0.25) is 4.79 Å². The van der Waals surface area contributed by atoms with Gasteiger partial charge in [0.05, 0.1) is 23.8 Å². The van der Waals surface area contributed by atoms with Gasteiger partial charge in [0.25, 0.3) is 5.91 Å². The van der Waals surface area contributed by atoms with Gasteiger partial charge in [-0.05, 0) is 32.0 Å². The smallest absolute Gasteiger partial charge is 0.407 e. The summed E-state index contributed by atoms with van der Waals surface area (Å²) in [5.41, 5.74) is 1.03. The van der Waals surface area contributed by atoms with Crippen molar-refractivity contribution in [1.29, 1.82) is 0 Å². The number of carbonyl (C=O) groups is 2. The average Bonchev–Trinajstić information content (AvgIpc) is 2.99. The molecular formula is C17H19ClN4O3. The fraction of sp³-hybridized carbons (Fsp3) is 0.353.